The second kappa shape index (κ2) is 6.14. The van der Waals surface area contributed by atoms with Crippen LogP contribution in [-0.2, 0) is 6.42 Å². The van der Waals surface area contributed by atoms with E-state index in [2.05, 4.69) is 29.5 Å². The molecule has 0 aliphatic heterocycles. The molecule has 0 aromatic carbocycles. The molecule has 0 aliphatic rings. The molecule has 0 fully saturated rings. The Morgan fingerprint density at radius 2 is 2.29 bits per heavy atom. The molecule has 1 unspecified atom stereocenters. The molecule has 14 heavy (non-hydrogen) atoms. The highest BCUT2D eigenvalue weighted by atomic mass is 32.1. The Morgan fingerprint density at radius 1 is 1.50 bits per heavy atom. The zero-order valence-corrected chi connectivity index (χ0v) is 10.2. The van der Waals surface area contributed by atoms with Gasteiger partial charge in [-0.1, -0.05) is 20.3 Å². The van der Waals surface area contributed by atoms with Crippen LogP contribution in [0.2, 0.25) is 0 Å². The van der Waals surface area contributed by atoms with Gasteiger partial charge in [0.1, 0.15) is 0 Å². The fraction of sp³-hybridized carbons (Fsp3) is 0.727. The summed E-state index contributed by atoms with van der Waals surface area (Å²) in [5.74, 6) is 0. The van der Waals surface area contributed by atoms with E-state index in [4.69, 9.17) is 0 Å². The van der Waals surface area contributed by atoms with Gasteiger partial charge in [-0.15, -0.1) is 11.3 Å². The van der Waals surface area contributed by atoms with Gasteiger partial charge < -0.3 is 5.32 Å². The molecule has 1 atom stereocenters. The van der Waals surface area contributed by atoms with Crippen LogP contribution in [0.3, 0.4) is 0 Å². The minimum atomic E-state index is 0.432. The lowest BCUT2D eigenvalue weighted by atomic mass is 10.2. The van der Waals surface area contributed by atoms with Crippen LogP contribution in [0.4, 0.5) is 0 Å². The lowest BCUT2D eigenvalue weighted by Gasteiger charge is -2.09. The molecule has 1 aromatic heterocycles. The van der Waals surface area contributed by atoms with E-state index in [0.717, 1.165) is 12.8 Å². The zero-order chi connectivity index (χ0) is 10.4. The third-order valence-corrected chi connectivity index (χ3v) is 3.35. The van der Waals surface area contributed by atoms with Crippen molar-refractivity contribution >= 4 is 11.3 Å². The van der Waals surface area contributed by atoms with Crippen LogP contribution in [0.5, 0.6) is 0 Å². The normalized spacial score (nSPS) is 13.1. The van der Waals surface area contributed by atoms with Gasteiger partial charge in [0.05, 0.1) is 10.7 Å². The fourth-order valence-electron chi connectivity index (χ4n) is 1.49. The number of nitrogens with zero attached hydrogens (tertiary/aromatic N) is 1. The van der Waals surface area contributed by atoms with E-state index in [1.54, 1.807) is 11.3 Å². The number of aryl methyl sites for hydroxylation is 1. The van der Waals surface area contributed by atoms with E-state index in [1.165, 1.54) is 23.5 Å². The molecule has 1 aromatic rings. The molecule has 3 heteroatoms. The van der Waals surface area contributed by atoms with Gasteiger partial charge >= 0.3 is 0 Å². The summed E-state index contributed by atoms with van der Waals surface area (Å²) in [6.07, 6.45) is 4.75. The lowest BCUT2D eigenvalue weighted by molar-refractivity contribution is 0.562. The summed E-state index contributed by atoms with van der Waals surface area (Å²) in [7, 11) is 2.00. The van der Waals surface area contributed by atoms with Crippen LogP contribution in [0.15, 0.2) is 5.38 Å². The van der Waals surface area contributed by atoms with E-state index in [-0.39, 0.29) is 0 Å². The van der Waals surface area contributed by atoms with E-state index in [0.29, 0.717) is 6.04 Å². The van der Waals surface area contributed by atoms with Crippen molar-refractivity contribution in [2.24, 2.45) is 0 Å². The van der Waals surface area contributed by atoms with Crippen molar-refractivity contribution in [2.75, 3.05) is 7.05 Å². The maximum absolute atomic E-state index is 4.65. The number of aromatic nitrogens is 1. The maximum Gasteiger partial charge on any atom is 0.0928 e. The lowest BCUT2D eigenvalue weighted by Crippen LogP contribution is -2.15. The summed E-state index contributed by atoms with van der Waals surface area (Å²) in [4.78, 5) is 4.65. The standard InChI is InChI=1S/C11H20N2S/c1-4-6-7-11-13-10(8-14-11)9(5-2)12-3/h8-9,12H,4-7H2,1-3H3. The summed E-state index contributed by atoms with van der Waals surface area (Å²) in [6.45, 7) is 4.41. The molecule has 80 valence electrons. The van der Waals surface area contributed by atoms with Crippen molar-refractivity contribution in [1.29, 1.82) is 0 Å². The molecule has 0 bridgehead atoms. The Kier molecular flexibility index (Phi) is 5.12. The summed E-state index contributed by atoms with van der Waals surface area (Å²) in [5.41, 5.74) is 1.21. The van der Waals surface area contributed by atoms with Gasteiger partial charge in [0.2, 0.25) is 0 Å². The van der Waals surface area contributed by atoms with Crippen LogP contribution in [-0.4, -0.2) is 12.0 Å². The molecular formula is C11H20N2S. The molecule has 1 N–H and O–H groups in total. The quantitative estimate of drug-likeness (QED) is 0.783. The number of thiazole rings is 1. The molecule has 0 aliphatic carbocycles. The smallest absolute Gasteiger partial charge is 0.0928 e. The Hall–Kier alpha value is -0.410. The molecular weight excluding hydrogens is 192 g/mol. The van der Waals surface area contributed by atoms with Gasteiger partial charge in [-0.2, -0.15) is 0 Å². The van der Waals surface area contributed by atoms with Crippen molar-refractivity contribution < 1.29 is 0 Å². The minimum absolute atomic E-state index is 0.432. The SMILES string of the molecule is CCCCc1nc(C(CC)NC)cs1. The van der Waals surface area contributed by atoms with Gasteiger partial charge in [0.25, 0.3) is 0 Å². The van der Waals surface area contributed by atoms with Gasteiger partial charge in [0.15, 0.2) is 0 Å². The predicted molar refractivity (Wildman–Crippen MR) is 62.8 cm³/mol. The van der Waals surface area contributed by atoms with Crippen LogP contribution in [0.25, 0.3) is 0 Å². The van der Waals surface area contributed by atoms with Crippen LogP contribution < -0.4 is 5.32 Å². The monoisotopic (exact) mass is 212 g/mol. The maximum atomic E-state index is 4.65. The summed E-state index contributed by atoms with van der Waals surface area (Å²) < 4.78 is 0. The van der Waals surface area contributed by atoms with Crippen molar-refractivity contribution in [2.45, 2.75) is 45.6 Å². The molecule has 0 saturated carbocycles. The number of unbranched alkanes of at least 4 members (excludes halogenated alkanes) is 1. The van der Waals surface area contributed by atoms with Crippen LogP contribution >= 0.6 is 11.3 Å². The van der Waals surface area contributed by atoms with Crippen molar-refractivity contribution in [3.05, 3.63) is 16.1 Å². The van der Waals surface area contributed by atoms with E-state index >= 15 is 0 Å². The third-order valence-electron chi connectivity index (χ3n) is 2.43. The Balaban J connectivity index is 2.57. The average molecular weight is 212 g/mol. The first-order valence-electron chi connectivity index (χ1n) is 5.43. The first kappa shape index (κ1) is 11.7. The zero-order valence-electron chi connectivity index (χ0n) is 9.34. The number of hydrogen-bond donors (Lipinski definition) is 1. The molecule has 0 spiro atoms. The van der Waals surface area contributed by atoms with Crippen LogP contribution in [0, 0.1) is 0 Å². The Morgan fingerprint density at radius 3 is 2.86 bits per heavy atom. The van der Waals surface area contributed by atoms with Gasteiger partial charge in [-0.05, 0) is 26.3 Å². The highest BCUT2D eigenvalue weighted by Gasteiger charge is 2.10. The second-order valence-corrected chi connectivity index (χ2v) is 4.46. The topological polar surface area (TPSA) is 24.9 Å². The number of rotatable bonds is 6. The first-order chi connectivity index (χ1) is 6.81. The molecule has 1 heterocycles. The third kappa shape index (κ3) is 3.07. The molecule has 1 rings (SSSR count). The van der Waals surface area contributed by atoms with Gasteiger partial charge in [-0.3, -0.25) is 0 Å². The van der Waals surface area contributed by atoms with E-state index in [1.807, 2.05) is 7.05 Å². The first-order valence-corrected chi connectivity index (χ1v) is 6.31. The summed E-state index contributed by atoms with van der Waals surface area (Å²) >= 11 is 1.80. The Labute approximate surface area is 90.8 Å². The Bertz CT molecular complexity index is 254. The highest BCUT2D eigenvalue weighted by molar-refractivity contribution is 7.09. The van der Waals surface area contributed by atoms with Crippen molar-refractivity contribution in [1.82, 2.24) is 10.3 Å². The molecule has 0 radical (unpaired) electrons. The van der Waals surface area contributed by atoms with Crippen LogP contribution in [0.1, 0.15) is 49.9 Å². The van der Waals surface area contributed by atoms with Crippen molar-refractivity contribution in [3.8, 4) is 0 Å². The average Bonchev–Trinajstić information content (AvgIpc) is 2.65. The molecule has 0 saturated heterocycles. The number of hydrogen-bond acceptors (Lipinski definition) is 3. The number of nitrogens with one attached hydrogen (secondary N) is 1. The van der Waals surface area contributed by atoms with Gasteiger partial charge in [0, 0.05) is 11.4 Å². The van der Waals surface area contributed by atoms with E-state index < -0.39 is 0 Å². The fourth-order valence-corrected chi connectivity index (χ4v) is 2.38. The van der Waals surface area contributed by atoms with E-state index in [9.17, 15) is 0 Å². The highest BCUT2D eigenvalue weighted by Crippen LogP contribution is 2.20. The molecule has 2 nitrogen and oxygen atoms in total. The largest absolute Gasteiger partial charge is 0.312 e. The summed E-state index contributed by atoms with van der Waals surface area (Å²) in [5, 5.41) is 6.76. The second-order valence-electron chi connectivity index (χ2n) is 3.52. The van der Waals surface area contributed by atoms with Crippen molar-refractivity contribution in [3.63, 3.8) is 0 Å². The minimum Gasteiger partial charge on any atom is -0.312 e. The van der Waals surface area contributed by atoms with Gasteiger partial charge in [-0.25, -0.2) is 4.98 Å². The predicted octanol–water partition coefficient (Wildman–Crippen LogP) is 3.16. The summed E-state index contributed by atoms with van der Waals surface area (Å²) in [6, 6.07) is 0.432. The molecule has 0 amide bonds.